The van der Waals surface area contributed by atoms with Crippen molar-refractivity contribution in [1.82, 2.24) is 9.97 Å². The average molecular weight is 349 g/mol. The Bertz CT molecular complexity index is 735. The maximum absolute atomic E-state index is 12.5. The number of amides is 1. The number of halogens is 1. The minimum Gasteiger partial charge on any atom is -0.495 e. The van der Waals surface area contributed by atoms with E-state index in [1.807, 2.05) is 6.92 Å². The first-order valence-corrected chi connectivity index (χ1v) is 8.00. The van der Waals surface area contributed by atoms with Crippen molar-refractivity contribution in [2.75, 3.05) is 24.3 Å². The van der Waals surface area contributed by atoms with Gasteiger partial charge >= 0.3 is 0 Å². The number of methoxy groups -OCH3 is 1. The number of aromatic nitrogens is 2. The van der Waals surface area contributed by atoms with Crippen LogP contribution in [0.4, 0.5) is 11.5 Å². The van der Waals surface area contributed by atoms with Gasteiger partial charge in [-0.1, -0.05) is 25.4 Å². The Balaban J connectivity index is 2.18. The van der Waals surface area contributed by atoms with Gasteiger partial charge in [-0.25, -0.2) is 9.97 Å². The zero-order valence-corrected chi connectivity index (χ0v) is 14.9. The van der Waals surface area contributed by atoms with E-state index in [2.05, 4.69) is 34.4 Å². The quantitative estimate of drug-likeness (QED) is 0.831. The number of anilines is 2. The highest BCUT2D eigenvalue weighted by atomic mass is 35.5. The van der Waals surface area contributed by atoms with Crippen LogP contribution in [-0.2, 0) is 0 Å². The molecule has 128 valence electrons. The lowest BCUT2D eigenvalue weighted by atomic mass is 10.2. The van der Waals surface area contributed by atoms with E-state index in [1.165, 1.54) is 13.4 Å². The number of hydrogen-bond donors (Lipinski definition) is 2. The second kappa shape index (κ2) is 7.97. The third-order valence-electron chi connectivity index (χ3n) is 3.32. The maximum Gasteiger partial charge on any atom is 0.274 e. The van der Waals surface area contributed by atoms with E-state index in [0.717, 1.165) is 12.1 Å². The van der Waals surface area contributed by atoms with Crippen LogP contribution < -0.4 is 15.4 Å². The lowest BCUT2D eigenvalue weighted by molar-refractivity contribution is 0.102. The predicted molar refractivity (Wildman–Crippen MR) is 96.1 cm³/mol. The Kier molecular flexibility index (Phi) is 5.98. The zero-order chi connectivity index (χ0) is 17.7. The minimum absolute atomic E-state index is 0.269. The van der Waals surface area contributed by atoms with E-state index in [9.17, 15) is 4.79 Å². The van der Waals surface area contributed by atoms with E-state index in [1.54, 1.807) is 18.2 Å². The summed E-state index contributed by atoms with van der Waals surface area (Å²) in [6.07, 6.45) is 1.36. The lowest BCUT2D eigenvalue weighted by Crippen LogP contribution is -2.16. The molecule has 6 nitrogen and oxygen atoms in total. The van der Waals surface area contributed by atoms with Gasteiger partial charge in [-0.3, -0.25) is 4.79 Å². The van der Waals surface area contributed by atoms with Crippen molar-refractivity contribution in [3.63, 3.8) is 0 Å². The minimum atomic E-state index is -0.343. The van der Waals surface area contributed by atoms with Gasteiger partial charge in [0.1, 0.15) is 23.6 Å². The van der Waals surface area contributed by atoms with E-state index in [4.69, 9.17) is 16.3 Å². The Morgan fingerprint density at radius 3 is 2.71 bits per heavy atom. The summed E-state index contributed by atoms with van der Waals surface area (Å²) >= 11 is 6.08. The summed E-state index contributed by atoms with van der Waals surface area (Å²) in [6.45, 7) is 6.81. The molecule has 2 N–H and O–H groups in total. The molecule has 0 saturated carbocycles. The molecule has 2 aromatic rings. The molecular formula is C17H21ClN4O2. The van der Waals surface area contributed by atoms with Crippen LogP contribution in [0.5, 0.6) is 5.75 Å². The van der Waals surface area contributed by atoms with Crippen LogP contribution in [0.1, 0.15) is 29.9 Å². The van der Waals surface area contributed by atoms with Crippen molar-refractivity contribution in [2.45, 2.75) is 20.8 Å². The third kappa shape index (κ3) is 4.58. The fraction of sp³-hybridized carbons (Fsp3) is 0.353. The number of carbonyl (C=O) groups is 1. The van der Waals surface area contributed by atoms with Crippen LogP contribution in [0.3, 0.4) is 0 Å². The Morgan fingerprint density at radius 2 is 2.04 bits per heavy atom. The molecule has 0 atom stereocenters. The van der Waals surface area contributed by atoms with Crippen LogP contribution in [0, 0.1) is 12.8 Å². The van der Waals surface area contributed by atoms with Crippen LogP contribution in [0.15, 0.2) is 24.5 Å². The standard InChI is InChI=1S/C17H21ClN4O2/c1-10(2)8-19-16-7-14(20-9-21-16)17(23)22-13-5-11(3)12(18)6-15(13)24-4/h5-7,9-10H,8H2,1-4H3,(H,22,23)(H,19,20,21). The van der Waals surface area contributed by atoms with E-state index < -0.39 is 0 Å². The molecule has 0 unspecified atom stereocenters. The van der Waals surface area contributed by atoms with Crippen LogP contribution in [0.2, 0.25) is 5.02 Å². The molecule has 24 heavy (non-hydrogen) atoms. The second-order valence-corrected chi connectivity index (χ2v) is 6.23. The number of nitrogens with zero attached hydrogens (tertiary/aromatic N) is 2. The van der Waals surface area contributed by atoms with Gasteiger partial charge in [0.2, 0.25) is 0 Å². The fourth-order valence-electron chi connectivity index (χ4n) is 2.00. The average Bonchev–Trinajstić information content (AvgIpc) is 2.56. The molecule has 1 heterocycles. The third-order valence-corrected chi connectivity index (χ3v) is 3.73. The van der Waals surface area contributed by atoms with Crippen molar-refractivity contribution < 1.29 is 9.53 Å². The van der Waals surface area contributed by atoms with Crippen molar-refractivity contribution in [2.24, 2.45) is 5.92 Å². The summed E-state index contributed by atoms with van der Waals surface area (Å²) in [6, 6.07) is 5.05. The molecule has 0 spiro atoms. The van der Waals surface area contributed by atoms with Gasteiger partial charge in [-0.05, 0) is 24.5 Å². The van der Waals surface area contributed by atoms with Crippen molar-refractivity contribution in [3.8, 4) is 5.75 Å². The second-order valence-electron chi connectivity index (χ2n) is 5.82. The molecule has 0 fully saturated rings. The first-order valence-electron chi connectivity index (χ1n) is 7.62. The molecule has 0 radical (unpaired) electrons. The summed E-state index contributed by atoms with van der Waals surface area (Å²) in [7, 11) is 1.52. The van der Waals surface area contributed by atoms with Gasteiger partial charge in [-0.2, -0.15) is 0 Å². The van der Waals surface area contributed by atoms with Crippen LogP contribution in [-0.4, -0.2) is 29.5 Å². The van der Waals surface area contributed by atoms with E-state index in [0.29, 0.717) is 28.2 Å². The highest BCUT2D eigenvalue weighted by Crippen LogP contribution is 2.31. The van der Waals surface area contributed by atoms with Crippen molar-refractivity contribution in [3.05, 3.63) is 40.8 Å². The molecule has 0 aliphatic heterocycles. The molecule has 0 aliphatic carbocycles. The van der Waals surface area contributed by atoms with Crippen LogP contribution >= 0.6 is 11.6 Å². The molecular weight excluding hydrogens is 328 g/mol. The molecule has 1 aromatic carbocycles. The van der Waals surface area contributed by atoms with Gasteiger partial charge in [0, 0.05) is 23.7 Å². The molecule has 1 amide bonds. The Labute approximate surface area is 146 Å². The largest absolute Gasteiger partial charge is 0.495 e. The van der Waals surface area contributed by atoms with Gasteiger partial charge in [0.15, 0.2) is 0 Å². The maximum atomic E-state index is 12.5. The highest BCUT2D eigenvalue weighted by Gasteiger charge is 2.14. The van der Waals surface area contributed by atoms with E-state index >= 15 is 0 Å². The van der Waals surface area contributed by atoms with E-state index in [-0.39, 0.29) is 11.6 Å². The van der Waals surface area contributed by atoms with Gasteiger partial charge in [0.05, 0.1) is 12.8 Å². The number of benzene rings is 1. The number of hydrogen-bond acceptors (Lipinski definition) is 5. The zero-order valence-electron chi connectivity index (χ0n) is 14.2. The summed E-state index contributed by atoms with van der Waals surface area (Å²) < 4.78 is 5.26. The normalized spacial score (nSPS) is 10.6. The fourth-order valence-corrected chi connectivity index (χ4v) is 2.16. The Morgan fingerprint density at radius 1 is 1.29 bits per heavy atom. The molecule has 0 bridgehead atoms. The predicted octanol–water partition coefficient (Wildman–Crippen LogP) is 3.77. The van der Waals surface area contributed by atoms with Gasteiger partial charge in [0.25, 0.3) is 5.91 Å². The number of aryl methyl sites for hydroxylation is 1. The number of ether oxygens (including phenoxy) is 1. The lowest BCUT2D eigenvalue weighted by Gasteiger charge is -2.12. The molecule has 7 heteroatoms. The topological polar surface area (TPSA) is 76.1 Å². The summed E-state index contributed by atoms with van der Waals surface area (Å²) in [5, 5.41) is 6.54. The molecule has 2 rings (SSSR count). The highest BCUT2D eigenvalue weighted by molar-refractivity contribution is 6.31. The molecule has 0 aliphatic rings. The van der Waals surface area contributed by atoms with Gasteiger partial charge in [-0.15, -0.1) is 0 Å². The van der Waals surface area contributed by atoms with Crippen LogP contribution in [0.25, 0.3) is 0 Å². The molecule has 0 saturated heterocycles. The number of nitrogens with one attached hydrogen (secondary N) is 2. The summed E-state index contributed by atoms with van der Waals surface area (Å²) in [5.74, 6) is 1.23. The monoisotopic (exact) mass is 348 g/mol. The summed E-state index contributed by atoms with van der Waals surface area (Å²) in [5.41, 5.74) is 1.65. The number of rotatable bonds is 6. The SMILES string of the molecule is COc1cc(Cl)c(C)cc1NC(=O)c1cc(NCC(C)C)ncn1. The van der Waals surface area contributed by atoms with Crippen molar-refractivity contribution >= 4 is 29.0 Å². The summed E-state index contributed by atoms with van der Waals surface area (Å²) in [4.78, 5) is 20.6. The Hall–Kier alpha value is -2.34. The first kappa shape index (κ1) is 18.0. The first-order chi connectivity index (χ1) is 11.4. The molecule has 1 aromatic heterocycles. The number of carbonyl (C=O) groups excluding carboxylic acids is 1. The van der Waals surface area contributed by atoms with Gasteiger partial charge < -0.3 is 15.4 Å². The smallest absolute Gasteiger partial charge is 0.274 e. The van der Waals surface area contributed by atoms with Crippen molar-refractivity contribution in [1.29, 1.82) is 0 Å².